The number of likely N-dealkylation sites (tertiary alicyclic amines) is 1. The minimum Gasteiger partial charge on any atom is -0.361 e. The molecule has 4 nitrogen and oxygen atoms in total. The number of H-pyrrole nitrogens is 1. The van der Waals surface area contributed by atoms with E-state index in [0.29, 0.717) is 24.4 Å². The molecule has 3 aliphatic rings. The highest BCUT2D eigenvalue weighted by Gasteiger charge is 2.65. The SMILES string of the molecule is O=C1N(Cc2cccc(Cl)c2)C[C@@H]2C[C@@H](c3c[nH]c4ccccc34)N3CCC[C@@]123. The third-order valence-electron chi connectivity index (χ3n) is 7.37. The van der Waals surface area contributed by atoms with Crippen LogP contribution in [0.25, 0.3) is 10.9 Å². The highest BCUT2D eigenvalue weighted by molar-refractivity contribution is 6.30. The van der Waals surface area contributed by atoms with E-state index < -0.39 is 0 Å². The van der Waals surface area contributed by atoms with Gasteiger partial charge in [-0.15, -0.1) is 0 Å². The molecule has 3 atom stereocenters. The molecule has 0 aliphatic carbocycles. The van der Waals surface area contributed by atoms with E-state index in [1.54, 1.807) is 0 Å². The van der Waals surface area contributed by atoms with Crippen molar-refractivity contribution in [1.29, 1.82) is 0 Å². The molecule has 0 bridgehead atoms. The fourth-order valence-electron chi connectivity index (χ4n) is 6.24. The second kappa shape index (κ2) is 6.35. The molecular formula is C24H24ClN3O. The summed E-state index contributed by atoms with van der Waals surface area (Å²) in [5, 5.41) is 2.03. The van der Waals surface area contributed by atoms with Gasteiger partial charge in [0.2, 0.25) is 5.91 Å². The van der Waals surface area contributed by atoms with Crippen LogP contribution in [0.15, 0.2) is 54.7 Å². The van der Waals surface area contributed by atoms with Crippen molar-refractivity contribution in [2.24, 2.45) is 5.92 Å². The molecular weight excluding hydrogens is 382 g/mol. The van der Waals surface area contributed by atoms with Gasteiger partial charge in [-0.05, 0) is 55.1 Å². The number of carbonyl (C=O) groups excluding carboxylic acids is 1. The van der Waals surface area contributed by atoms with Crippen molar-refractivity contribution in [2.75, 3.05) is 13.1 Å². The average molecular weight is 406 g/mol. The molecule has 3 saturated heterocycles. The lowest BCUT2D eigenvalue weighted by Crippen LogP contribution is -2.49. The third kappa shape index (κ3) is 2.45. The molecule has 3 aromatic rings. The predicted octanol–water partition coefficient (Wildman–Crippen LogP) is 4.76. The zero-order chi connectivity index (χ0) is 19.6. The topological polar surface area (TPSA) is 39.3 Å². The zero-order valence-electron chi connectivity index (χ0n) is 16.3. The first kappa shape index (κ1) is 17.5. The normalized spacial score (nSPS) is 29.0. The summed E-state index contributed by atoms with van der Waals surface area (Å²) in [5.41, 5.74) is 3.34. The Kier molecular flexibility index (Phi) is 3.84. The first-order valence-electron chi connectivity index (χ1n) is 10.5. The average Bonchev–Trinajstić information content (AvgIpc) is 3.44. The van der Waals surface area contributed by atoms with Crippen LogP contribution in [0, 0.1) is 5.92 Å². The van der Waals surface area contributed by atoms with Gasteiger partial charge in [0.05, 0.1) is 0 Å². The van der Waals surface area contributed by atoms with Gasteiger partial charge in [-0.25, -0.2) is 0 Å². The fraction of sp³-hybridized carbons (Fsp3) is 0.375. The Morgan fingerprint density at radius 3 is 2.97 bits per heavy atom. The van der Waals surface area contributed by atoms with E-state index in [2.05, 4.69) is 51.3 Å². The Hall–Kier alpha value is -2.30. The Morgan fingerprint density at radius 1 is 1.17 bits per heavy atom. The molecule has 1 spiro atoms. The highest BCUT2D eigenvalue weighted by Crippen LogP contribution is 2.56. The first-order chi connectivity index (χ1) is 14.2. The van der Waals surface area contributed by atoms with Crippen LogP contribution in [0.4, 0.5) is 0 Å². The molecule has 3 fully saturated rings. The second-order valence-corrected chi connectivity index (χ2v) is 9.21. The number of benzene rings is 2. The van der Waals surface area contributed by atoms with E-state index >= 15 is 0 Å². The van der Waals surface area contributed by atoms with Crippen molar-refractivity contribution in [1.82, 2.24) is 14.8 Å². The van der Waals surface area contributed by atoms with Crippen LogP contribution in [-0.4, -0.2) is 39.3 Å². The monoisotopic (exact) mass is 405 g/mol. The lowest BCUT2D eigenvalue weighted by molar-refractivity contribution is -0.137. The van der Waals surface area contributed by atoms with Crippen LogP contribution in [0.5, 0.6) is 0 Å². The van der Waals surface area contributed by atoms with Crippen molar-refractivity contribution >= 4 is 28.4 Å². The number of nitrogens with one attached hydrogen (secondary N) is 1. The molecule has 6 rings (SSSR count). The number of amides is 1. The quantitative estimate of drug-likeness (QED) is 0.682. The molecule has 1 amide bonds. The van der Waals surface area contributed by atoms with Crippen LogP contribution in [0.1, 0.15) is 36.4 Å². The van der Waals surface area contributed by atoms with Crippen molar-refractivity contribution in [3.05, 3.63) is 70.9 Å². The van der Waals surface area contributed by atoms with Gasteiger partial charge in [-0.2, -0.15) is 0 Å². The molecule has 0 unspecified atom stereocenters. The Balaban J connectivity index is 1.33. The van der Waals surface area contributed by atoms with Crippen molar-refractivity contribution < 1.29 is 4.79 Å². The number of hydrogen-bond donors (Lipinski definition) is 1. The van der Waals surface area contributed by atoms with Crippen LogP contribution < -0.4 is 0 Å². The maximum absolute atomic E-state index is 13.7. The van der Waals surface area contributed by atoms with Gasteiger partial charge >= 0.3 is 0 Å². The highest BCUT2D eigenvalue weighted by atomic mass is 35.5. The number of halogens is 1. The maximum Gasteiger partial charge on any atom is 0.243 e. The number of para-hydroxylation sites is 1. The minimum absolute atomic E-state index is 0.304. The summed E-state index contributed by atoms with van der Waals surface area (Å²) in [5.74, 6) is 0.720. The maximum atomic E-state index is 13.7. The van der Waals surface area contributed by atoms with Crippen LogP contribution in [0.3, 0.4) is 0 Å². The van der Waals surface area contributed by atoms with Gasteiger partial charge in [0.15, 0.2) is 0 Å². The van der Waals surface area contributed by atoms with Gasteiger partial charge in [0.1, 0.15) is 5.54 Å². The Labute approximate surface area is 175 Å². The molecule has 3 aliphatic heterocycles. The largest absolute Gasteiger partial charge is 0.361 e. The number of carbonyl (C=O) groups is 1. The van der Waals surface area contributed by atoms with Crippen molar-refractivity contribution in [2.45, 2.75) is 37.4 Å². The molecule has 29 heavy (non-hydrogen) atoms. The van der Waals surface area contributed by atoms with Gasteiger partial charge in [0, 0.05) is 47.2 Å². The zero-order valence-corrected chi connectivity index (χ0v) is 17.0. The summed E-state index contributed by atoms with van der Waals surface area (Å²) < 4.78 is 0. The summed E-state index contributed by atoms with van der Waals surface area (Å²) in [6.45, 7) is 2.52. The lowest BCUT2D eigenvalue weighted by Gasteiger charge is -2.33. The lowest BCUT2D eigenvalue weighted by atomic mass is 9.85. The fourth-order valence-corrected chi connectivity index (χ4v) is 6.45. The molecule has 4 heterocycles. The molecule has 2 aromatic carbocycles. The first-order valence-corrected chi connectivity index (χ1v) is 10.9. The number of rotatable bonds is 3. The van der Waals surface area contributed by atoms with Crippen molar-refractivity contribution in [3.63, 3.8) is 0 Å². The molecule has 0 radical (unpaired) electrons. The molecule has 148 valence electrons. The van der Waals surface area contributed by atoms with E-state index in [9.17, 15) is 4.79 Å². The van der Waals surface area contributed by atoms with E-state index in [0.717, 1.165) is 42.9 Å². The molecule has 0 saturated carbocycles. The number of nitrogens with zero attached hydrogens (tertiary/aromatic N) is 2. The van der Waals surface area contributed by atoms with Crippen LogP contribution in [0.2, 0.25) is 5.02 Å². The van der Waals surface area contributed by atoms with Crippen molar-refractivity contribution in [3.8, 4) is 0 Å². The van der Waals surface area contributed by atoms with E-state index in [-0.39, 0.29) is 5.54 Å². The predicted molar refractivity (Wildman–Crippen MR) is 115 cm³/mol. The van der Waals surface area contributed by atoms with Crippen LogP contribution in [-0.2, 0) is 11.3 Å². The van der Waals surface area contributed by atoms with E-state index in [4.69, 9.17) is 11.6 Å². The summed E-state index contributed by atoms with van der Waals surface area (Å²) >= 11 is 6.16. The number of aromatic amines is 1. The number of hydrogen-bond acceptors (Lipinski definition) is 2. The molecule has 5 heteroatoms. The summed E-state index contributed by atoms with van der Waals surface area (Å²) in [7, 11) is 0. The summed E-state index contributed by atoms with van der Waals surface area (Å²) in [4.78, 5) is 21.7. The molecule has 1 N–H and O–H groups in total. The van der Waals surface area contributed by atoms with E-state index in [1.807, 2.05) is 18.2 Å². The Bertz CT molecular complexity index is 1110. The summed E-state index contributed by atoms with van der Waals surface area (Å²) in [6.07, 6.45) is 5.31. The second-order valence-electron chi connectivity index (χ2n) is 8.77. The van der Waals surface area contributed by atoms with Gasteiger partial charge < -0.3 is 9.88 Å². The minimum atomic E-state index is -0.304. The van der Waals surface area contributed by atoms with Crippen LogP contribution >= 0.6 is 11.6 Å². The molecule has 1 aromatic heterocycles. The van der Waals surface area contributed by atoms with Gasteiger partial charge in [-0.1, -0.05) is 41.9 Å². The summed E-state index contributed by atoms with van der Waals surface area (Å²) in [6, 6.07) is 16.7. The Morgan fingerprint density at radius 2 is 2.07 bits per heavy atom. The smallest absolute Gasteiger partial charge is 0.243 e. The van der Waals surface area contributed by atoms with E-state index in [1.165, 1.54) is 16.5 Å². The standard InChI is InChI=1S/C24H24ClN3O/c25-18-6-3-5-16(11-18)14-27-15-17-12-22(28-10-4-9-24(17,28)23(27)29)20-13-26-21-8-2-1-7-19(20)21/h1-3,5-8,11,13,17,22,26H,4,9-10,12,14-15H2/t17-,22-,24-/m0/s1. The number of aromatic nitrogens is 1. The van der Waals surface area contributed by atoms with Gasteiger partial charge in [-0.3, -0.25) is 9.69 Å². The van der Waals surface area contributed by atoms with Gasteiger partial charge in [0.25, 0.3) is 0 Å². The third-order valence-corrected chi connectivity index (χ3v) is 7.60. The number of fused-ring (bicyclic) bond motifs is 1.